The summed E-state index contributed by atoms with van der Waals surface area (Å²) in [4.78, 5) is 3.88. The van der Waals surface area contributed by atoms with E-state index in [2.05, 4.69) is 18.8 Å². The summed E-state index contributed by atoms with van der Waals surface area (Å²) in [5.74, 6) is 0.800. The molecule has 0 unspecified atom stereocenters. The summed E-state index contributed by atoms with van der Waals surface area (Å²) in [5, 5.41) is 0.475. The standard InChI is InChI=1S/C10H14ClNO/c1-3-8(4-2)13-9-5-6-12-10(11)7-9/h5-8H,3-4H2,1-2H3. The van der Waals surface area contributed by atoms with Crippen LogP contribution in [0.3, 0.4) is 0 Å². The highest BCUT2D eigenvalue weighted by molar-refractivity contribution is 6.29. The Kier molecular flexibility index (Phi) is 4.03. The van der Waals surface area contributed by atoms with Crippen LogP contribution >= 0.6 is 11.6 Å². The fourth-order valence-electron chi connectivity index (χ4n) is 1.11. The van der Waals surface area contributed by atoms with E-state index in [4.69, 9.17) is 16.3 Å². The third-order valence-electron chi connectivity index (χ3n) is 1.91. The van der Waals surface area contributed by atoms with Crippen molar-refractivity contribution in [2.45, 2.75) is 32.8 Å². The van der Waals surface area contributed by atoms with E-state index in [1.54, 1.807) is 12.3 Å². The first-order valence-corrected chi connectivity index (χ1v) is 4.92. The number of aromatic nitrogens is 1. The van der Waals surface area contributed by atoms with Crippen molar-refractivity contribution in [1.82, 2.24) is 4.98 Å². The fourth-order valence-corrected chi connectivity index (χ4v) is 1.27. The molecule has 0 saturated heterocycles. The average Bonchev–Trinajstić information content (AvgIpc) is 2.14. The molecule has 0 aromatic carbocycles. The van der Waals surface area contributed by atoms with Gasteiger partial charge >= 0.3 is 0 Å². The van der Waals surface area contributed by atoms with Gasteiger partial charge in [-0.3, -0.25) is 0 Å². The van der Waals surface area contributed by atoms with E-state index in [0.29, 0.717) is 5.15 Å². The Morgan fingerprint density at radius 1 is 1.46 bits per heavy atom. The van der Waals surface area contributed by atoms with Gasteiger partial charge in [-0.2, -0.15) is 0 Å². The maximum atomic E-state index is 5.72. The third kappa shape index (κ3) is 3.23. The molecule has 0 atom stereocenters. The third-order valence-corrected chi connectivity index (χ3v) is 2.12. The molecule has 13 heavy (non-hydrogen) atoms. The minimum atomic E-state index is 0.276. The van der Waals surface area contributed by atoms with Crippen molar-refractivity contribution in [3.05, 3.63) is 23.5 Å². The number of nitrogens with zero attached hydrogens (tertiary/aromatic N) is 1. The molecule has 1 aromatic rings. The van der Waals surface area contributed by atoms with E-state index in [9.17, 15) is 0 Å². The molecule has 72 valence electrons. The molecule has 0 fully saturated rings. The van der Waals surface area contributed by atoms with Crippen LogP contribution in [0, 0.1) is 0 Å². The second kappa shape index (κ2) is 5.07. The lowest BCUT2D eigenvalue weighted by Crippen LogP contribution is -2.13. The SMILES string of the molecule is CCC(CC)Oc1ccnc(Cl)c1. The molecule has 0 amide bonds. The van der Waals surface area contributed by atoms with Gasteiger partial charge < -0.3 is 4.74 Å². The number of halogens is 1. The Labute approximate surface area is 83.9 Å². The van der Waals surface area contributed by atoms with Crippen molar-refractivity contribution in [3.63, 3.8) is 0 Å². The molecule has 0 aliphatic heterocycles. The number of hydrogen-bond donors (Lipinski definition) is 0. The van der Waals surface area contributed by atoms with Crippen LogP contribution in [0.4, 0.5) is 0 Å². The summed E-state index contributed by atoms with van der Waals surface area (Å²) < 4.78 is 5.67. The predicted molar refractivity (Wildman–Crippen MR) is 54.2 cm³/mol. The molecule has 0 aliphatic rings. The maximum Gasteiger partial charge on any atom is 0.132 e. The fraction of sp³-hybridized carbons (Fsp3) is 0.500. The Balaban J connectivity index is 2.62. The first-order valence-electron chi connectivity index (χ1n) is 4.54. The largest absolute Gasteiger partial charge is 0.490 e. The summed E-state index contributed by atoms with van der Waals surface area (Å²) in [6, 6.07) is 3.56. The minimum Gasteiger partial charge on any atom is -0.490 e. The molecular formula is C10H14ClNO. The van der Waals surface area contributed by atoms with Crippen LogP contribution in [0.1, 0.15) is 26.7 Å². The molecule has 0 spiro atoms. The number of pyridine rings is 1. The van der Waals surface area contributed by atoms with E-state index in [-0.39, 0.29) is 6.10 Å². The smallest absolute Gasteiger partial charge is 0.132 e. The van der Waals surface area contributed by atoms with E-state index in [0.717, 1.165) is 18.6 Å². The van der Waals surface area contributed by atoms with Crippen LogP contribution in [0.5, 0.6) is 5.75 Å². The van der Waals surface area contributed by atoms with Crippen molar-refractivity contribution in [3.8, 4) is 5.75 Å². The molecule has 0 aliphatic carbocycles. The molecule has 1 aromatic heterocycles. The van der Waals surface area contributed by atoms with Crippen LogP contribution in [0.25, 0.3) is 0 Å². The van der Waals surface area contributed by atoms with Crippen molar-refractivity contribution in [2.75, 3.05) is 0 Å². The summed E-state index contributed by atoms with van der Waals surface area (Å²) in [6.07, 6.45) is 3.95. The highest BCUT2D eigenvalue weighted by Gasteiger charge is 2.04. The number of rotatable bonds is 4. The quantitative estimate of drug-likeness (QED) is 0.695. The van der Waals surface area contributed by atoms with E-state index >= 15 is 0 Å². The molecule has 3 heteroatoms. The highest BCUT2D eigenvalue weighted by atomic mass is 35.5. The first-order chi connectivity index (χ1) is 6.26. The zero-order chi connectivity index (χ0) is 9.68. The molecule has 0 bridgehead atoms. The van der Waals surface area contributed by atoms with Gasteiger partial charge in [0, 0.05) is 12.3 Å². The van der Waals surface area contributed by atoms with Gasteiger partial charge in [0.05, 0.1) is 6.10 Å². The normalized spacial score (nSPS) is 10.5. The van der Waals surface area contributed by atoms with Crippen LogP contribution < -0.4 is 4.74 Å². The Morgan fingerprint density at radius 3 is 2.69 bits per heavy atom. The zero-order valence-electron chi connectivity index (χ0n) is 7.96. The molecular weight excluding hydrogens is 186 g/mol. The highest BCUT2D eigenvalue weighted by Crippen LogP contribution is 2.17. The Hall–Kier alpha value is -0.760. The minimum absolute atomic E-state index is 0.276. The average molecular weight is 200 g/mol. The molecule has 1 heterocycles. The van der Waals surface area contributed by atoms with Gasteiger partial charge in [-0.15, -0.1) is 0 Å². The molecule has 2 nitrogen and oxygen atoms in total. The lowest BCUT2D eigenvalue weighted by Gasteiger charge is -2.15. The van der Waals surface area contributed by atoms with E-state index < -0.39 is 0 Å². The lowest BCUT2D eigenvalue weighted by atomic mass is 10.2. The van der Waals surface area contributed by atoms with Crippen molar-refractivity contribution in [1.29, 1.82) is 0 Å². The number of ether oxygens (including phenoxy) is 1. The van der Waals surface area contributed by atoms with Crippen LogP contribution in [-0.4, -0.2) is 11.1 Å². The van der Waals surface area contributed by atoms with Crippen molar-refractivity contribution < 1.29 is 4.74 Å². The van der Waals surface area contributed by atoms with Crippen LogP contribution in [-0.2, 0) is 0 Å². The predicted octanol–water partition coefficient (Wildman–Crippen LogP) is 3.30. The Bertz CT molecular complexity index is 261. The maximum absolute atomic E-state index is 5.72. The van der Waals surface area contributed by atoms with Gasteiger partial charge in [-0.1, -0.05) is 25.4 Å². The van der Waals surface area contributed by atoms with Crippen molar-refractivity contribution >= 4 is 11.6 Å². The van der Waals surface area contributed by atoms with E-state index in [1.165, 1.54) is 0 Å². The topological polar surface area (TPSA) is 22.1 Å². The van der Waals surface area contributed by atoms with Crippen molar-refractivity contribution in [2.24, 2.45) is 0 Å². The molecule has 0 saturated carbocycles. The van der Waals surface area contributed by atoms with Crippen LogP contribution in [0.15, 0.2) is 18.3 Å². The summed E-state index contributed by atoms with van der Waals surface area (Å²) in [6.45, 7) is 4.22. The van der Waals surface area contributed by atoms with Gasteiger partial charge in [0.1, 0.15) is 10.9 Å². The first kappa shape index (κ1) is 10.3. The monoisotopic (exact) mass is 199 g/mol. The summed E-state index contributed by atoms with van der Waals surface area (Å²) in [7, 11) is 0. The van der Waals surface area contributed by atoms with Gasteiger partial charge in [-0.25, -0.2) is 4.98 Å². The zero-order valence-corrected chi connectivity index (χ0v) is 8.71. The second-order valence-corrected chi connectivity index (χ2v) is 3.26. The lowest BCUT2D eigenvalue weighted by molar-refractivity contribution is 0.192. The van der Waals surface area contributed by atoms with Gasteiger partial charge in [-0.05, 0) is 18.9 Å². The van der Waals surface area contributed by atoms with Gasteiger partial charge in [0.2, 0.25) is 0 Å². The van der Waals surface area contributed by atoms with E-state index in [1.807, 2.05) is 6.07 Å². The second-order valence-electron chi connectivity index (χ2n) is 2.87. The number of hydrogen-bond acceptors (Lipinski definition) is 2. The Morgan fingerprint density at radius 2 is 2.15 bits per heavy atom. The van der Waals surface area contributed by atoms with Gasteiger partial charge in [0.15, 0.2) is 0 Å². The van der Waals surface area contributed by atoms with Gasteiger partial charge in [0.25, 0.3) is 0 Å². The summed E-state index contributed by atoms with van der Waals surface area (Å²) in [5.41, 5.74) is 0. The molecule has 1 rings (SSSR count). The molecule has 0 radical (unpaired) electrons. The van der Waals surface area contributed by atoms with Crippen LogP contribution in [0.2, 0.25) is 5.15 Å². The molecule has 0 N–H and O–H groups in total. The summed E-state index contributed by atoms with van der Waals surface area (Å²) >= 11 is 5.72.